The smallest absolute Gasteiger partial charge is 0.305 e. The minimum absolute atomic E-state index is 0.212. The van der Waals surface area contributed by atoms with Crippen LogP contribution in [0, 0.1) is 0 Å². The Kier molecular flexibility index (Phi) is 4.10. The van der Waals surface area contributed by atoms with Crippen LogP contribution in [0.2, 0.25) is 0 Å². The summed E-state index contributed by atoms with van der Waals surface area (Å²) in [5, 5.41) is 17.8. The number of rotatable bonds is 4. The van der Waals surface area contributed by atoms with Crippen LogP contribution < -0.4 is 0 Å². The van der Waals surface area contributed by atoms with Gasteiger partial charge in [-0.25, -0.2) is 0 Å². The maximum Gasteiger partial charge on any atom is 0.305 e. The lowest BCUT2D eigenvalue weighted by Crippen LogP contribution is -2.15. The summed E-state index contributed by atoms with van der Waals surface area (Å²) in [7, 11) is 0. The summed E-state index contributed by atoms with van der Waals surface area (Å²) in [6.07, 6.45) is -0.649. The van der Waals surface area contributed by atoms with E-state index in [1.54, 1.807) is 0 Å². The van der Waals surface area contributed by atoms with Crippen molar-refractivity contribution >= 4 is 21.9 Å². The number of hydrogen-bond donors (Lipinski definition) is 2. The number of aliphatic carboxylic acids is 1. The second kappa shape index (κ2) is 5.12. The Morgan fingerprint density at radius 2 is 1.93 bits per heavy atom. The van der Waals surface area contributed by atoms with Crippen molar-refractivity contribution in [3.63, 3.8) is 0 Å². The highest BCUT2D eigenvalue weighted by molar-refractivity contribution is 9.10. The molecule has 1 rings (SSSR count). The first-order chi connectivity index (χ1) is 6.58. The van der Waals surface area contributed by atoms with Gasteiger partial charge in [0.05, 0.1) is 12.5 Å². The molecule has 0 spiro atoms. The van der Waals surface area contributed by atoms with Gasteiger partial charge in [0.15, 0.2) is 0 Å². The predicted molar refractivity (Wildman–Crippen MR) is 56.1 cm³/mol. The van der Waals surface area contributed by atoms with Crippen molar-refractivity contribution < 1.29 is 15.0 Å². The lowest BCUT2D eigenvalue weighted by Gasteiger charge is -2.07. The van der Waals surface area contributed by atoms with Crippen LogP contribution in [0.3, 0.4) is 0 Å². The number of halogens is 1. The third-order valence-electron chi connectivity index (χ3n) is 1.79. The average Bonchev–Trinajstić information content (AvgIpc) is 2.07. The van der Waals surface area contributed by atoms with E-state index in [2.05, 4.69) is 15.9 Å². The number of carboxylic acid groups (broad SMARTS) is 1. The van der Waals surface area contributed by atoms with Gasteiger partial charge >= 0.3 is 5.97 Å². The molecule has 0 bridgehead atoms. The molecule has 0 unspecified atom stereocenters. The van der Waals surface area contributed by atoms with Crippen LogP contribution >= 0.6 is 15.9 Å². The summed E-state index contributed by atoms with van der Waals surface area (Å²) in [5.74, 6) is -0.977. The van der Waals surface area contributed by atoms with Crippen LogP contribution in [0.4, 0.5) is 0 Å². The van der Waals surface area contributed by atoms with E-state index in [1.807, 2.05) is 24.3 Å². The summed E-state index contributed by atoms with van der Waals surface area (Å²) in [5.41, 5.74) is 0.932. The maximum atomic E-state index is 10.3. The maximum absolute atomic E-state index is 10.3. The third kappa shape index (κ3) is 3.89. The number of carboxylic acids is 1. The first-order valence-corrected chi connectivity index (χ1v) is 5.01. The van der Waals surface area contributed by atoms with Crippen LogP contribution in [0.5, 0.6) is 0 Å². The monoisotopic (exact) mass is 258 g/mol. The van der Waals surface area contributed by atoms with Gasteiger partial charge < -0.3 is 10.2 Å². The molecule has 0 saturated heterocycles. The summed E-state index contributed by atoms with van der Waals surface area (Å²) in [6, 6.07) is 7.44. The first kappa shape index (κ1) is 11.2. The fraction of sp³-hybridized carbons (Fsp3) is 0.300. The summed E-state index contributed by atoms with van der Waals surface area (Å²) in [6.45, 7) is 0. The number of aliphatic hydroxyl groups excluding tert-OH is 1. The lowest BCUT2D eigenvalue weighted by atomic mass is 10.1. The van der Waals surface area contributed by atoms with Crippen molar-refractivity contribution in [3.8, 4) is 0 Å². The Morgan fingerprint density at radius 1 is 1.36 bits per heavy atom. The highest BCUT2D eigenvalue weighted by Crippen LogP contribution is 2.12. The Hall–Kier alpha value is -0.870. The van der Waals surface area contributed by atoms with E-state index in [4.69, 9.17) is 5.11 Å². The predicted octanol–water partition coefficient (Wildman–Crippen LogP) is 1.83. The molecule has 0 aromatic heterocycles. The molecule has 0 fully saturated rings. The molecule has 0 aliphatic rings. The summed E-state index contributed by atoms with van der Waals surface area (Å²) >= 11 is 3.30. The zero-order valence-corrected chi connectivity index (χ0v) is 9.07. The molecule has 0 radical (unpaired) electrons. The quantitative estimate of drug-likeness (QED) is 0.867. The molecule has 1 atom stereocenters. The second-order valence-electron chi connectivity index (χ2n) is 3.08. The van der Waals surface area contributed by atoms with Gasteiger partial charge in [-0.3, -0.25) is 4.79 Å². The highest BCUT2D eigenvalue weighted by atomic mass is 79.9. The normalized spacial score (nSPS) is 12.4. The lowest BCUT2D eigenvalue weighted by molar-refractivity contribution is -0.139. The van der Waals surface area contributed by atoms with Crippen molar-refractivity contribution in [2.24, 2.45) is 0 Å². The van der Waals surface area contributed by atoms with Crippen molar-refractivity contribution in [3.05, 3.63) is 34.3 Å². The number of benzene rings is 1. The van der Waals surface area contributed by atoms with E-state index in [0.717, 1.165) is 10.0 Å². The van der Waals surface area contributed by atoms with E-state index >= 15 is 0 Å². The van der Waals surface area contributed by atoms with Gasteiger partial charge in [-0.2, -0.15) is 0 Å². The minimum atomic E-state index is -0.977. The molecule has 4 heteroatoms. The molecule has 0 aliphatic heterocycles. The van der Waals surface area contributed by atoms with E-state index in [1.165, 1.54) is 0 Å². The molecule has 0 amide bonds. The Morgan fingerprint density at radius 3 is 2.43 bits per heavy atom. The SMILES string of the molecule is O=C(O)C[C@@H](O)Cc1ccc(Br)cc1. The fourth-order valence-electron chi connectivity index (χ4n) is 1.17. The van der Waals surface area contributed by atoms with Gasteiger partial charge in [-0.05, 0) is 24.1 Å². The van der Waals surface area contributed by atoms with Gasteiger partial charge in [0.2, 0.25) is 0 Å². The van der Waals surface area contributed by atoms with Gasteiger partial charge in [-0.15, -0.1) is 0 Å². The average molecular weight is 259 g/mol. The molecule has 76 valence electrons. The fourth-order valence-corrected chi connectivity index (χ4v) is 1.43. The number of aliphatic hydroxyl groups is 1. The molecule has 0 heterocycles. The first-order valence-electron chi connectivity index (χ1n) is 4.22. The molecule has 0 aliphatic carbocycles. The van der Waals surface area contributed by atoms with Crippen molar-refractivity contribution in [1.29, 1.82) is 0 Å². The van der Waals surface area contributed by atoms with Crippen LogP contribution in [-0.4, -0.2) is 22.3 Å². The Labute approximate surface area is 90.5 Å². The largest absolute Gasteiger partial charge is 0.481 e. The van der Waals surface area contributed by atoms with Crippen LogP contribution in [0.25, 0.3) is 0 Å². The molecule has 3 nitrogen and oxygen atoms in total. The summed E-state index contributed by atoms with van der Waals surface area (Å²) < 4.78 is 0.967. The third-order valence-corrected chi connectivity index (χ3v) is 2.32. The van der Waals surface area contributed by atoms with Crippen LogP contribution in [0.1, 0.15) is 12.0 Å². The molecule has 2 N–H and O–H groups in total. The standard InChI is InChI=1S/C10H11BrO3/c11-8-3-1-7(2-4-8)5-9(12)6-10(13)14/h1-4,9,12H,5-6H2,(H,13,14)/t9-/m0/s1. The summed E-state index contributed by atoms with van der Waals surface area (Å²) in [4.78, 5) is 10.3. The molecule has 1 aromatic carbocycles. The molecule has 14 heavy (non-hydrogen) atoms. The Bertz CT molecular complexity index is 308. The van der Waals surface area contributed by atoms with Crippen molar-refractivity contribution in [1.82, 2.24) is 0 Å². The number of hydrogen-bond acceptors (Lipinski definition) is 2. The highest BCUT2D eigenvalue weighted by Gasteiger charge is 2.09. The van der Waals surface area contributed by atoms with E-state index in [0.29, 0.717) is 6.42 Å². The van der Waals surface area contributed by atoms with E-state index in [9.17, 15) is 9.90 Å². The van der Waals surface area contributed by atoms with Gasteiger partial charge in [0.1, 0.15) is 0 Å². The van der Waals surface area contributed by atoms with Crippen molar-refractivity contribution in [2.75, 3.05) is 0 Å². The van der Waals surface area contributed by atoms with E-state index < -0.39 is 12.1 Å². The second-order valence-corrected chi connectivity index (χ2v) is 4.00. The topological polar surface area (TPSA) is 57.5 Å². The molecular weight excluding hydrogens is 248 g/mol. The zero-order valence-electron chi connectivity index (χ0n) is 7.48. The van der Waals surface area contributed by atoms with Crippen molar-refractivity contribution in [2.45, 2.75) is 18.9 Å². The zero-order chi connectivity index (χ0) is 10.6. The van der Waals surface area contributed by atoms with Gasteiger partial charge in [0.25, 0.3) is 0 Å². The minimum Gasteiger partial charge on any atom is -0.481 e. The Balaban J connectivity index is 2.51. The van der Waals surface area contributed by atoms with Crippen LogP contribution in [0.15, 0.2) is 28.7 Å². The van der Waals surface area contributed by atoms with E-state index in [-0.39, 0.29) is 6.42 Å². The number of carbonyl (C=O) groups is 1. The van der Waals surface area contributed by atoms with Crippen LogP contribution in [-0.2, 0) is 11.2 Å². The van der Waals surface area contributed by atoms with Gasteiger partial charge in [-0.1, -0.05) is 28.1 Å². The molecule has 0 saturated carbocycles. The molecular formula is C10H11BrO3. The van der Waals surface area contributed by atoms with Gasteiger partial charge in [0, 0.05) is 4.47 Å². The molecule has 1 aromatic rings.